The van der Waals surface area contributed by atoms with Crippen LogP contribution in [0.1, 0.15) is 25.0 Å². The van der Waals surface area contributed by atoms with Gasteiger partial charge in [-0.1, -0.05) is 36.4 Å². The summed E-state index contributed by atoms with van der Waals surface area (Å²) in [4.78, 5) is 11.9. The summed E-state index contributed by atoms with van der Waals surface area (Å²) in [5.41, 5.74) is 2.34. The number of nitrogens with one attached hydrogen (secondary N) is 1. The smallest absolute Gasteiger partial charge is 0.268 e. The summed E-state index contributed by atoms with van der Waals surface area (Å²) in [7, 11) is 0. The first kappa shape index (κ1) is 12.7. The van der Waals surface area contributed by atoms with Gasteiger partial charge in [-0.05, 0) is 43.5 Å². The Labute approximate surface area is 118 Å². The van der Waals surface area contributed by atoms with Gasteiger partial charge in [-0.25, -0.2) is 0 Å². The van der Waals surface area contributed by atoms with Crippen LogP contribution in [-0.2, 0) is 11.2 Å². The van der Waals surface area contributed by atoms with Crippen molar-refractivity contribution in [1.82, 2.24) is 0 Å². The molecule has 1 aliphatic heterocycles. The van der Waals surface area contributed by atoms with E-state index in [1.54, 1.807) is 13.8 Å². The van der Waals surface area contributed by atoms with Crippen molar-refractivity contribution < 1.29 is 9.53 Å². The van der Waals surface area contributed by atoms with E-state index in [1.807, 2.05) is 36.4 Å². The van der Waals surface area contributed by atoms with Crippen molar-refractivity contribution in [2.24, 2.45) is 0 Å². The van der Waals surface area contributed by atoms with Crippen LogP contribution in [-0.4, -0.2) is 11.5 Å². The Bertz CT molecular complexity index is 647. The summed E-state index contributed by atoms with van der Waals surface area (Å²) in [6.45, 7) is 3.53. The van der Waals surface area contributed by atoms with E-state index >= 15 is 0 Å². The maximum Gasteiger partial charge on any atom is 0.268 e. The average molecular weight is 267 g/mol. The third-order valence-corrected chi connectivity index (χ3v) is 3.46. The van der Waals surface area contributed by atoms with Crippen LogP contribution in [0.2, 0.25) is 0 Å². The maximum absolute atomic E-state index is 11.9. The molecule has 0 unspecified atom stereocenters. The van der Waals surface area contributed by atoms with Gasteiger partial charge in [0.25, 0.3) is 5.91 Å². The van der Waals surface area contributed by atoms with Crippen molar-refractivity contribution in [3.05, 3.63) is 59.7 Å². The molecule has 0 atom stereocenters. The Morgan fingerprint density at radius 1 is 1.05 bits per heavy atom. The Morgan fingerprint density at radius 2 is 1.80 bits per heavy atom. The van der Waals surface area contributed by atoms with Crippen LogP contribution in [0.3, 0.4) is 0 Å². The molecule has 2 aromatic carbocycles. The van der Waals surface area contributed by atoms with Crippen molar-refractivity contribution >= 4 is 11.6 Å². The first-order chi connectivity index (χ1) is 9.54. The molecule has 1 amide bonds. The molecule has 1 N–H and O–H groups in total. The fourth-order valence-electron chi connectivity index (χ4n) is 2.30. The lowest BCUT2D eigenvalue weighted by molar-refractivity contribution is -0.129. The Hall–Kier alpha value is -2.29. The Morgan fingerprint density at radius 3 is 2.55 bits per heavy atom. The van der Waals surface area contributed by atoms with Crippen LogP contribution in [0, 0.1) is 0 Å². The SMILES string of the molecule is CC1(C)Oc2ccc(Cc3ccccc3)cc2NC1=O. The zero-order valence-corrected chi connectivity index (χ0v) is 11.6. The van der Waals surface area contributed by atoms with Crippen molar-refractivity contribution in [1.29, 1.82) is 0 Å². The molecule has 0 fully saturated rings. The van der Waals surface area contributed by atoms with Gasteiger partial charge in [0.1, 0.15) is 5.75 Å². The molecule has 3 nitrogen and oxygen atoms in total. The van der Waals surface area contributed by atoms with Gasteiger partial charge < -0.3 is 10.1 Å². The van der Waals surface area contributed by atoms with Gasteiger partial charge in [0, 0.05) is 0 Å². The summed E-state index contributed by atoms with van der Waals surface area (Å²) < 4.78 is 5.72. The van der Waals surface area contributed by atoms with Gasteiger partial charge in [-0.3, -0.25) is 4.79 Å². The number of rotatable bonds is 2. The van der Waals surface area contributed by atoms with Crippen molar-refractivity contribution in [3.63, 3.8) is 0 Å². The molecule has 1 heterocycles. The number of hydrogen-bond acceptors (Lipinski definition) is 2. The van der Waals surface area contributed by atoms with E-state index in [0.29, 0.717) is 0 Å². The first-order valence-electron chi connectivity index (χ1n) is 6.72. The molecule has 0 spiro atoms. The predicted octanol–water partition coefficient (Wildman–Crippen LogP) is 3.39. The monoisotopic (exact) mass is 267 g/mol. The highest BCUT2D eigenvalue weighted by Gasteiger charge is 2.35. The lowest BCUT2D eigenvalue weighted by Gasteiger charge is -2.31. The molecule has 0 aromatic heterocycles. The molecule has 3 rings (SSSR count). The molecule has 0 radical (unpaired) electrons. The highest BCUT2D eigenvalue weighted by Crippen LogP contribution is 2.34. The minimum absolute atomic E-state index is 0.109. The summed E-state index contributed by atoms with van der Waals surface area (Å²) >= 11 is 0. The standard InChI is InChI=1S/C17H17NO2/c1-17(2)16(19)18-14-11-13(8-9-15(14)20-17)10-12-6-4-3-5-7-12/h3-9,11H,10H2,1-2H3,(H,18,19). The zero-order valence-electron chi connectivity index (χ0n) is 11.6. The highest BCUT2D eigenvalue weighted by atomic mass is 16.5. The fraction of sp³-hybridized carbons (Fsp3) is 0.235. The van der Waals surface area contributed by atoms with E-state index in [9.17, 15) is 4.79 Å². The molecule has 102 valence electrons. The molecule has 3 heteroatoms. The molecule has 1 aliphatic rings. The van der Waals surface area contributed by atoms with E-state index in [1.165, 1.54) is 5.56 Å². The van der Waals surface area contributed by atoms with E-state index in [4.69, 9.17) is 4.74 Å². The van der Waals surface area contributed by atoms with E-state index in [-0.39, 0.29) is 5.91 Å². The molecular formula is C17H17NO2. The Kier molecular flexibility index (Phi) is 2.97. The lowest BCUT2D eigenvalue weighted by atomic mass is 10.0. The summed E-state index contributed by atoms with van der Waals surface area (Å²) in [5, 5.41) is 2.91. The second-order valence-corrected chi connectivity index (χ2v) is 5.56. The topological polar surface area (TPSA) is 38.3 Å². The summed E-state index contributed by atoms with van der Waals surface area (Å²) in [6, 6.07) is 16.2. The number of anilines is 1. The first-order valence-corrected chi connectivity index (χ1v) is 6.72. The van der Waals surface area contributed by atoms with Gasteiger partial charge in [-0.2, -0.15) is 0 Å². The molecule has 20 heavy (non-hydrogen) atoms. The number of carbonyl (C=O) groups is 1. The quantitative estimate of drug-likeness (QED) is 0.905. The number of benzene rings is 2. The third kappa shape index (κ3) is 2.39. The van der Waals surface area contributed by atoms with Crippen LogP contribution in [0.5, 0.6) is 5.75 Å². The molecule has 2 aromatic rings. The number of ether oxygens (including phenoxy) is 1. The number of amides is 1. The van der Waals surface area contributed by atoms with Gasteiger partial charge in [0.15, 0.2) is 5.60 Å². The van der Waals surface area contributed by atoms with Crippen LogP contribution in [0.4, 0.5) is 5.69 Å². The van der Waals surface area contributed by atoms with Crippen LogP contribution in [0.25, 0.3) is 0 Å². The van der Waals surface area contributed by atoms with Gasteiger partial charge in [0.05, 0.1) is 5.69 Å². The molecule has 0 saturated carbocycles. The minimum atomic E-state index is -0.812. The normalized spacial score (nSPS) is 16.0. The largest absolute Gasteiger partial charge is 0.476 e. The zero-order chi connectivity index (χ0) is 14.2. The van der Waals surface area contributed by atoms with E-state index in [2.05, 4.69) is 17.4 Å². The van der Waals surface area contributed by atoms with E-state index in [0.717, 1.165) is 23.4 Å². The van der Waals surface area contributed by atoms with E-state index < -0.39 is 5.60 Å². The molecular weight excluding hydrogens is 250 g/mol. The highest BCUT2D eigenvalue weighted by molar-refractivity contribution is 6.00. The second kappa shape index (κ2) is 4.67. The maximum atomic E-state index is 11.9. The number of carbonyl (C=O) groups excluding carboxylic acids is 1. The fourth-order valence-corrected chi connectivity index (χ4v) is 2.30. The van der Waals surface area contributed by atoms with Crippen LogP contribution >= 0.6 is 0 Å². The van der Waals surface area contributed by atoms with Crippen molar-refractivity contribution in [3.8, 4) is 5.75 Å². The third-order valence-electron chi connectivity index (χ3n) is 3.46. The number of hydrogen-bond donors (Lipinski definition) is 1. The van der Waals surface area contributed by atoms with Gasteiger partial charge in [-0.15, -0.1) is 0 Å². The predicted molar refractivity (Wildman–Crippen MR) is 79.0 cm³/mol. The molecule has 0 aliphatic carbocycles. The number of fused-ring (bicyclic) bond motifs is 1. The lowest BCUT2D eigenvalue weighted by Crippen LogP contribution is -2.45. The van der Waals surface area contributed by atoms with Gasteiger partial charge >= 0.3 is 0 Å². The Balaban J connectivity index is 1.87. The van der Waals surface area contributed by atoms with Crippen LogP contribution < -0.4 is 10.1 Å². The van der Waals surface area contributed by atoms with Crippen LogP contribution in [0.15, 0.2) is 48.5 Å². The average Bonchev–Trinajstić information content (AvgIpc) is 2.41. The summed E-state index contributed by atoms with van der Waals surface area (Å²) in [5.74, 6) is 0.619. The minimum Gasteiger partial charge on any atom is -0.476 e. The molecule has 0 bridgehead atoms. The van der Waals surface area contributed by atoms with Crippen molar-refractivity contribution in [2.75, 3.05) is 5.32 Å². The van der Waals surface area contributed by atoms with Crippen molar-refractivity contribution in [2.45, 2.75) is 25.9 Å². The van der Waals surface area contributed by atoms with Gasteiger partial charge in [0.2, 0.25) is 0 Å². The second-order valence-electron chi connectivity index (χ2n) is 5.56. The molecule has 0 saturated heterocycles. The summed E-state index contributed by atoms with van der Waals surface area (Å²) in [6.07, 6.45) is 0.841.